The maximum absolute atomic E-state index is 4.34. The third kappa shape index (κ3) is 2.38. The fourth-order valence-corrected chi connectivity index (χ4v) is 1.28. The molecule has 0 amide bonds. The van der Waals surface area contributed by atoms with E-state index < -0.39 is 0 Å². The normalized spacial score (nSPS) is 12.5. The lowest BCUT2D eigenvalue weighted by Gasteiger charge is -1.97. The maximum atomic E-state index is 4.34. The van der Waals surface area contributed by atoms with E-state index in [2.05, 4.69) is 15.2 Å². The van der Waals surface area contributed by atoms with Crippen LogP contribution >= 0.6 is 11.3 Å². The summed E-state index contributed by atoms with van der Waals surface area (Å²) in [6.07, 6.45) is 0. The lowest BCUT2D eigenvalue weighted by Crippen LogP contribution is -1.99. The van der Waals surface area contributed by atoms with Crippen molar-refractivity contribution in [2.45, 2.75) is 26.8 Å². The molecule has 4 heteroatoms. The molecule has 0 aromatic carbocycles. The van der Waals surface area contributed by atoms with E-state index in [0.29, 0.717) is 6.04 Å². The molecule has 0 aliphatic rings. The van der Waals surface area contributed by atoms with Crippen LogP contribution in [0.15, 0.2) is 10.5 Å². The molecule has 0 spiro atoms. The predicted molar refractivity (Wildman–Crippen MR) is 47.3 cm³/mol. The second kappa shape index (κ2) is 3.57. The summed E-state index contributed by atoms with van der Waals surface area (Å²) in [4.78, 5) is 4.34. The molecule has 3 nitrogen and oxygen atoms in total. The van der Waals surface area contributed by atoms with Gasteiger partial charge in [0.2, 0.25) is 0 Å². The Kier molecular flexibility index (Phi) is 2.70. The van der Waals surface area contributed by atoms with Crippen LogP contribution in [-0.4, -0.2) is 22.0 Å². The van der Waals surface area contributed by atoms with Gasteiger partial charge in [0.05, 0.1) is 5.71 Å². The number of aliphatic imine (C=N–C) groups is 1. The summed E-state index contributed by atoms with van der Waals surface area (Å²) in [5, 5.41) is 8.56. The van der Waals surface area contributed by atoms with Crippen molar-refractivity contribution in [1.29, 1.82) is 0 Å². The summed E-state index contributed by atoms with van der Waals surface area (Å²) in [6.45, 7) is 6.05. The summed E-state index contributed by atoms with van der Waals surface area (Å²) in [5.74, 6) is 0. The first-order valence-corrected chi connectivity index (χ1v) is 4.39. The monoisotopic (exact) mass is 169 g/mol. The maximum Gasteiger partial charge on any atom is 0.161 e. The second-order valence-corrected chi connectivity index (χ2v) is 3.39. The van der Waals surface area contributed by atoms with E-state index in [9.17, 15) is 0 Å². The first kappa shape index (κ1) is 8.33. The molecule has 1 rings (SSSR count). The van der Waals surface area contributed by atoms with Crippen LogP contribution in [-0.2, 0) is 0 Å². The third-order valence-corrected chi connectivity index (χ3v) is 1.92. The molecule has 0 fully saturated rings. The summed E-state index contributed by atoms with van der Waals surface area (Å²) < 4.78 is 0. The van der Waals surface area contributed by atoms with Gasteiger partial charge in [0.1, 0.15) is 5.51 Å². The van der Waals surface area contributed by atoms with Crippen molar-refractivity contribution in [1.82, 2.24) is 10.2 Å². The van der Waals surface area contributed by atoms with E-state index in [1.807, 2.05) is 20.8 Å². The van der Waals surface area contributed by atoms with Crippen molar-refractivity contribution >= 4 is 17.0 Å². The van der Waals surface area contributed by atoms with Gasteiger partial charge in [-0.1, -0.05) is 11.3 Å². The number of nitrogens with zero attached hydrogens (tertiary/aromatic N) is 3. The van der Waals surface area contributed by atoms with Crippen LogP contribution in [0.1, 0.15) is 25.8 Å². The van der Waals surface area contributed by atoms with Crippen molar-refractivity contribution in [2.24, 2.45) is 4.99 Å². The van der Waals surface area contributed by atoms with Gasteiger partial charge in [-0.3, -0.25) is 4.99 Å². The molecular weight excluding hydrogens is 158 g/mol. The van der Waals surface area contributed by atoms with Gasteiger partial charge in [-0.2, -0.15) is 0 Å². The molecule has 1 aromatic rings. The summed E-state index contributed by atoms with van der Waals surface area (Å²) >= 11 is 1.52. The Bertz CT molecular complexity index is 238. The van der Waals surface area contributed by atoms with Crippen LogP contribution in [0.3, 0.4) is 0 Å². The van der Waals surface area contributed by atoms with Crippen LogP contribution in [0.25, 0.3) is 0 Å². The highest BCUT2D eigenvalue weighted by Gasteiger charge is 2.00. The lowest BCUT2D eigenvalue weighted by molar-refractivity contribution is 0.834. The minimum absolute atomic E-state index is 0.332. The molecule has 11 heavy (non-hydrogen) atoms. The Balaban J connectivity index is 2.77. The van der Waals surface area contributed by atoms with Crippen LogP contribution in [0.5, 0.6) is 0 Å². The third-order valence-electron chi connectivity index (χ3n) is 1.12. The molecule has 0 saturated carbocycles. The molecule has 60 valence electrons. The number of hydrogen-bond acceptors (Lipinski definition) is 4. The average Bonchev–Trinajstić information content (AvgIpc) is 2.35. The van der Waals surface area contributed by atoms with E-state index in [1.165, 1.54) is 11.3 Å². The largest absolute Gasteiger partial charge is 0.284 e. The fraction of sp³-hybridized carbons (Fsp3) is 0.571. The average molecular weight is 169 g/mol. The van der Waals surface area contributed by atoms with Crippen molar-refractivity contribution < 1.29 is 0 Å². The van der Waals surface area contributed by atoms with Gasteiger partial charge < -0.3 is 0 Å². The smallest absolute Gasteiger partial charge is 0.161 e. The molecule has 1 heterocycles. The minimum atomic E-state index is 0.332. The standard InChI is InChI=1S/C7H11N3S/c1-5(2)9-6(3)7-10-8-4-11-7/h4-5H,1-3H3. The highest BCUT2D eigenvalue weighted by molar-refractivity contribution is 7.11. The fourth-order valence-electron chi connectivity index (χ4n) is 0.773. The zero-order valence-electron chi connectivity index (χ0n) is 6.90. The van der Waals surface area contributed by atoms with E-state index >= 15 is 0 Å². The highest BCUT2D eigenvalue weighted by atomic mass is 32.1. The highest BCUT2D eigenvalue weighted by Crippen LogP contribution is 2.04. The molecule has 0 aliphatic heterocycles. The van der Waals surface area contributed by atoms with Crippen molar-refractivity contribution in [3.05, 3.63) is 10.5 Å². The molecule has 0 aliphatic carbocycles. The zero-order valence-corrected chi connectivity index (χ0v) is 7.72. The number of rotatable bonds is 2. The van der Waals surface area contributed by atoms with Gasteiger partial charge in [0.15, 0.2) is 5.01 Å². The summed E-state index contributed by atoms with van der Waals surface area (Å²) in [7, 11) is 0. The van der Waals surface area contributed by atoms with E-state index in [4.69, 9.17) is 0 Å². The summed E-state index contributed by atoms with van der Waals surface area (Å²) in [5.41, 5.74) is 2.69. The zero-order chi connectivity index (χ0) is 8.27. The molecule has 0 radical (unpaired) electrons. The molecule has 0 atom stereocenters. The van der Waals surface area contributed by atoms with Crippen LogP contribution in [0.4, 0.5) is 0 Å². The van der Waals surface area contributed by atoms with E-state index in [1.54, 1.807) is 5.51 Å². The van der Waals surface area contributed by atoms with E-state index in [0.717, 1.165) is 10.7 Å². The van der Waals surface area contributed by atoms with Crippen molar-refractivity contribution in [2.75, 3.05) is 0 Å². The van der Waals surface area contributed by atoms with E-state index in [-0.39, 0.29) is 0 Å². The Morgan fingerprint density at radius 3 is 2.82 bits per heavy atom. The Morgan fingerprint density at radius 2 is 2.36 bits per heavy atom. The first-order chi connectivity index (χ1) is 5.20. The van der Waals surface area contributed by atoms with Gasteiger partial charge in [0, 0.05) is 6.04 Å². The molecule has 0 bridgehead atoms. The lowest BCUT2D eigenvalue weighted by atomic mass is 10.4. The van der Waals surface area contributed by atoms with Crippen LogP contribution in [0.2, 0.25) is 0 Å². The molecule has 0 saturated heterocycles. The molecular formula is C7H11N3S. The predicted octanol–water partition coefficient (Wildman–Crippen LogP) is 1.76. The van der Waals surface area contributed by atoms with Crippen LogP contribution in [0, 0.1) is 0 Å². The molecule has 0 unspecified atom stereocenters. The molecule has 1 aromatic heterocycles. The SMILES string of the molecule is CC(=NC(C)C)c1nncs1. The second-order valence-electron chi connectivity index (χ2n) is 2.55. The van der Waals surface area contributed by atoms with Crippen LogP contribution < -0.4 is 0 Å². The first-order valence-electron chi connectivity index (χ1n) is 3.51. The number of hydrogen-bond donors (Lipinski definition) is 0. The van der Waals surface area contributed by atoms with Crippen molar-refractivity contribution in [3.8, 4) is 0 Å². The number of aromatic nitrogens is 2. The quantitative estimate of drug-likeness (QED) is 0.633. The van der Waals surface area contributed by atoms with Gasteiger partial charge in [-0.15, -0.1) is 10.2 Å². The minimum Gasteiger partial charge on any atom is -0.284 e. The molecule has 0 N–H and O–H groups in total. The Hall–Kier alpha value is -0.770. The summed E-state index contributed by atoms with van der Waals surface area (Å²) in [6, 6.07) is 0.332. The van der Waals surface area contributed by atoms with Gasteiger partial charge in [-0.05, 0) is 20.8 Å². The Morgan fingerprint density at radius 1 is 1.64 bits per heavy atom. The van der Waals surface area contributed by atoms with Crippen molar-refractivity contribution in [3.63, 3.8) is 0 Å². The van der Waals surface area contributed by atoms with Gasteiger partial charge >= 0.3 is 0 Å². The van der Waals surface area contributed by atoms with Gasteiger partial charge in [-0.25, -0.2) is 0 Å². The topological polar surface area (TPSA) is 38.1 Å². The Labute approximate surface area is 70.2 Å². The van der Waals surface area contributed by atoms with Gasteiger partial charge in [0.25, 0.3) is 0 Å².